The molecule has 0 bridgehead atoms. The summed E-state index contributed by atoms with van der Waals surface area (Å²) in [6, 6.07) is 8.66. The monoisotopic (exact) mass is 400 g/mol. The first-order chi connectivity index (χ1) is 12.9. The summed E-state index contributed by atoms with van der Waals surface area (Å²) in [7, 11) is -3.38. The van der Waals surface area contributed by atoms with E-state index >= 15 is 0 Å². The van der Waals surface area contributed by atoms with Gasteiger partial charge in [0.1, 0.15) is 5.69 Å². The quantitative estimate of drug-likeness (QED) is 0.561. The van der Waals surface area contributed by atoms with E-state index < -0.39 is 9.84 Å². The van der Waals surface area contributed by atoms with E-state index in [4.69, 9.17) is 11.6 Å². The highest BCUT2D eigenvalue weighted by Gasteiger charge is 2.14. The molecule has 0 radical (unpaired) electrons. The molecule has 0 aliphatic heterocycles. The number of halogens is 1. The Hall–Kier alpha value is -3.04. The fourth-order valence-electron chi connectivity index (χ4n) is 2.49. The first-order valence-electron chi connectivity index (χ1n) is 7.79. The zero-order chi connectivity index (χ0) is 19.0. The van der Waals surface area contributed by atoms with Gasteiger partial charge in [0.2, 0.25) is 5.95 Å². The highest BCUT2D eigenvalue weighted by atomic mass is 35.5. The molecule has 0 fully saturated rings. The molecule has 8 nitrogen and oxygen atoms in total. The number of nitrogens with one attached hydrogen (secondary N) is 1. The molecule has 0 atom stereocenters. The SMILES string of the molecule is CS(=O)(=O)c1cncc(-c2nccn3nc(Nc4ccc(Cl)cc4)nc23)c1. The van der Waals surface area contributed by atoms with Crippen molar-refractivity contribution in [1.29, 1.82) is 0 Å². The van der Waals surface area contributed by atoms with Crippen LogP contribution >= 0.6 is 11.6 Å². The maximum absolute atomic E-state index is 11.8. The van der Waals surface area contributed by atoms with Gasteiger partial charge in [-0.15, -0.1) is 5.10 Å². The van der Waals surface area contributed by atoms with Gasteiger partial charge in [-0.3, -0.25) is 9.97 Å². The Balaban J connectivity index is 1.77. The van der Waals surface area contributed by atoms with Crippen LogP contribution in [0.25, 0.3) is 16.9 Å². The molecular weight excluding hydrogens is 388 g/mol. The van der Waals surface area contributed by atoms with Crippen molar-refractivity contribution in [3.8, 4) is 11.3 Å². The van der Waals surface area contributed by atoms with E-state index in [0.29, 0.717) is 27.9 Å². The van der Waals surface area contributed by atoms with Gasteiger partial charge < -0.3 is 5.32 Å². The predicted octanol–water partition coefficient (Wildman–Crippen LogP) is 2.99. The van der Waals surface area contributed by atoms with E-state index in [1.165, 1.54) is 18.5 Å². The van der Waals surface area contributed by atoms with Crippen LogP contribution in [-0.4, -0.2) is 39.2 Å². The van der Waals surface area contributed by atoms with Crippen molar-refractivity contribution in [2.75, 3.05) is 11.6 Å². The lowest BCUT2D eigenvalue weighted by molar-refractivity contribution is 0.601. The zero-order valence-corrected chi connectivity index (χ0v) is 15.6. The number of sulfone groups is 1. The summed E-state index contributed by atoms with van der Waals surface area (Å²) in [6.45, 7) is 0. The number of fused-ring (bicyclic) bond motifs is 1. The smallest absolute Gasteiger partial charge is 0.247 e. The summed E-state index contributed by atoms with van der Waals surface area (Å²) in [5.41, 5.74) is 2.27. The van der Waals surface area contributed by atoms with Crippen LogP contribution in [0.3, 0.4) is 0 Å². The van der Waals surface area contributed by atoms with E-state index in [-0.39, 0.29) is 4.90 Å². The van der Waals surface area contributed by atoms with Crippen molar-refractivity contribution in [3.63, 3.8) is 0 Å². The minimum absolute atomic E-state index is 0.114. The number of anilines is 2. The molecule has 0 saturated carbocycles. The number of pyridine rings is 1. The van der Waals surface area contributed by atoms with Crippen molar-refractivity contribution in [2.24, 2.45) is 0 Å². The van der Waals surface area contributed by atoms with Crippen LogP contribution in [-0.2, 0) is 9.84 Å². The Morgan fingerprint density at radius 2 is 1.93 bits per heavy atom. The molecule has 4 aromatic rings. The number of hydrogen-bond acceptors (Lipinski definition) is 7. The molecule has 0 unspecified atom stereocenters. The van der Waals surface area contributed by atoms with Crippen molar-refractivity contribution in [1.82, 2.24) is 24.6 Å². The van der Waals surface area contributed by atoms with E-state index in [9.17, 15) is 8.42 Å². The Morgan fingerprint density at radius 3 is 2.67 bits per heavy atom. The highest BCUT2D eigenvalue weighted by molar-refractivity contribution is 7.90. The van der Waals surface area contributed by atoms with Crippen LogP contribution in [0.1, 0.15) is 0 Å². The molecule has 4 rings (SSSR count). The molecule has 136 valence electrons. The van der Waals surface area contributed by atoms with Gasteiger partial charge in [0.15, 0.2) is 15.5 Å². The number of aromatic nitrogens is 5. The number of hydrogen-bond donors (Lipinski definition) is 1. The molecule has 0 aliphatic rings. The maximum Gasteiger partial charge on any atom is 0.247 e. The van der Waals surface area contributed by atoms with Gasteiger partial charge >= 0.3 is 0 Å². The van der Waals surface area contributed by atoms with Crippen molar-refractivity contribution in [2.45, 2.75) is 4.90 Å². The Kier molecular flexibility index (Phi) is 4.25. The lowest BCUT2D eigenvalue weighted by atomic mass is 10.2. The van der Waals surface area contributed by atoms with Crippen molar-refractivity contribution >= 4 is 38.7 Å². The van der Waals surface area contributed by atoms with E-state index in [0.717, 1.165) is 11.9 Å². The standard InChI is InChI=1S/C17H13ClN6O2S/c1-27(25,26)14-8-11(9-19-10-14)15-16-22-17(23-24(16)7-6-20-15)21-13-4-2-12(18)3-5-13/h2-10H,1H3,(H,21,23). The van der Waals surface area contributed by atoms with Crippen molar-refractivity contribution in [3.05, 3.63) is 60.1 Å². The van der Waals surface area contributed by atoms with Crippen LogP contribution in [0, 0.1) is 0 Å². The lowest BCUT2D eigenvalue weighted by Gasteiger charge is -2.03. The van der Waals surface area contributed by atoms with Crippen LogP contribution in [0.5, 0.6) is 0 Å². The minimum atomic E-state index is -3.38. The average molecular weight is 401 g/mol. The first kappa shape index (κ1) is 17.4. The fourth-order valence-corrected chi connectivity index (χ4v) is 3.21. The third kappa shape index (κ3) is 3.60. The van der Waals surface area contributed by atoms with Crippen LogP contribution < -0.4 is 5.32 Å². The summed E-state index contributed by atoms with van der Waals surface area (Å²) < 4.78 is 25.2. The molecule has 0 amide bonds. The second kappa shape index (κ2) is 6.60. The van der Waals surface area contributed by atoms with Gasteiger partial charge in [-0.05, 0) is 30.3 Å². The van der Waals surface area contributed by atoms with Gasteiger partial charge in [-0.2, -0.15) is 4.98 Å². The summed E-state index contributed by atoms with van der Waals surface area (Å²) in [5, 5.41) is 8.10. The van der Waals surface area contributed by atoms with Crippen LogP contribution in [0.2, 0.25) is 5.02 Å². The first-order valence-corrected chi connectivity index (χ1v) is 10.1. The molecule has 0 spiro atoms. The van der Waals surface area contributed by atoms with Gasteiger partial charge in [-0.1, -0.05) is 11.6 Å². The Labute approximate surface area is 159 Å². The molecule has 0 saturated heterocycles. The molecule has 3 heterocycles. The molecule has 1 N–H and O–H groups in total. The number of benzene rings is 1. The second-order valence-electron chi connectivity index (χ2n) is 5.79. The van der Waals surface area contributed by atoms with Gasteiger partial charge in [0.05, 0.1) is 4.90 Å². The lowest BCUT2D eigenvalue weighted by Crippen LogP contribution is -1.99. The van der Waals surface area contributed by atoms with Gasteiger partial charge in [0, 0.05) is 47.3 Å². The normalized spacial score (nSPS) is 11.6. The van der Waals surface area contributed by atoms with E-state index in [2.05, 4.69) is 25.4 Å². The number of nitrogens with zero attached hydrogens (tertiary/aromatic N) is 5. The highest BCUT2D eigenvalue weighted by Crippen LogP contribution is 2.24. The molecule has 3 aromatic heterocycles. The maximum atomic E-state index is 11.8. The minimum Gasteiger partial charge on any atom is -0.323 e. The van der Waals surface area contributed by atoms with E-state index in [1.54, 1.807) is 29.0 Å². The van der Waals surface area contributed by atoms with E-state index in [1.807, 2.05) is 12.1 Å². The Morgan fingerprint density at radius 1 is 1.15 bits per heavy atom. The van der Waals surface area contributed by atoms with Crippen LogP contribution in [0.15, 0.2) is 60.0 Å². The largest absolute Gasteiger partial charge is 0.323 e. The van der Waals surface area contributed by atoms with Gasteiger partial charge in [-0.25, -0.2) is 12.9 Å². The second-order valence-corrected chi connectivity index (χ2v) is 8.24. The Bertz CT molecular complexity index is 1240. The third-order valence-electron chi connectivity index (χ3n) is 3.77. The van der Waals surface area contributed by atoms with Gasteiger partial charge in [0.25, 0.3) is 0 Å². The molecule has 1 aromatic carbocycles. The summed E-state index contributed by atoms with van der Waals surface area (Å²) in [4.78, 5) is 12.9. The van der Waals surface area contributed by atoms with Crippen molar-refractivity contribution < 1.29 is 8.42 Å². The fraction of sp³-hybridized carbons (Fsp3) is 0.0588. The zero-order valence-electron chi connectivity index (χ0n) is 14.0. The summed E-state index contributed by atoms with van der Waals surface area (Å²) >= 11 is 5.89. The predicted molar refractivity (Wildman–Crippen MR) is 102 cm³/mol. The average Bonchev–Trinajstić information content (AvgIpc) is 3.05. The topological polar surface area (TPSA) is 102 Å². The molecule has 0 aliphatic carbocycles. The molecule has 10 heteroatoms. The third-order valence-corrected chi connectivity index (χ3v) is 5.10. The number of rotatable bonds is 4. The molecular formula is C17H13ClN6O2S. The summed E-state index contributed by atoms with van der Waals surface area (Å²) in [5.74, 6) is 0.374. The summed E-state index contributed by atoms with van der Waals surface area (Å²) in [6.07, 6.45) is 7.20. The molecule has 27 heavy (non-hydrogen) atoms. The van der Waals surface area contributed by atoms with Crippen LogP contribution in [0.4, 0.5) is 11.6 Å².